The van der Waals surface area contributed by atoms with E-state index in [1.54, 1.807) is 6.07 Å². The van der Waals surface area contributed by atoms with E-state index in [1.165, 1.54) is 25.2 Å². The molecule has 0 N–H and O–H groups in total. The third-order valence-electron chi connectivity index (χ3n) is 4.27. The van der Waals surface area contributed by atoms with Crippen LogP contribution in [0.3, 0.4) is 0 Å². The topological polar surface area (TPSA) is 32.3 Å². The van der Waals surface area contributed by atoms with Crippen molar-refractivity contribution in [3.05, 3.63) is 30.3 Å². The molecule has 2 aliphatic rings. The van der Waals surface area contributed by atoms with Crippen molar-refractivity contribution in [3.63, 3.8) is 0 Å². The second-order valence-electron chi connectivity index (χ2n) is 5.59. The zero-order valence-corrected chi connectivity index (χ0v) is 11.3. The quantitative estimate of drug-likeness (QED) is 0.837. The second-order valence-corrected chi connectivity index (χ2v) is 5.59. The van der Waals surface area contributed by atoms with E-state index in [4.69, 9.17) is 0 Å². The number of piperazine rings is 1. The minimum atomic E-state index is -0.234. The minimum absolute atomic E-state index is 0.234. The summed E-state index contributed by atoms with van der Waals surface area (Å²) in [5.41, 5.74) is 0.680. The Morgan fingerprint density at radius 1 is 1.05 bits per heavy atom. The van der Waals surface area contributed by atoms with Crippen molar-refractivity contribution >= 4 is 16.7 Å². The van der Waals surface area contributed by atoms with Crippen LogP contribution in [0.15, 0.2) is 24.5 Å². The van der Waals surface area contributed by atoms with E-state index in [0.717, 1.165) is 38.0 Å². The number of rotatable bonds is 2. The number of fused-ring (bicyclic) bond motifs is 1. The summed E-state index contributed by atoms with van der Waals surface area (Å²) in [5.74, 6) is 0.506. The molecule has 5 heteroatoms. The fraction of sp³-hybridized carbons (Fsp3) is 0.467. The molecule has 0 spiro atoms. The molecule has 2 fully saturated rings. The first kappa shape index (κ1) is 12.0. The first-order valence-corrected chi connectivity index (χ1v) is 7.21. The number of hydrogen-bond donors (Lipinski definition) is 0. The zero-order valence-electron chi connectivity index (χ0n) is 11.3. The number of nitrogens with zero attached hydrogens (tertiary/aromatic N) is 4. The number of benzene rings is 1. The average Bonchev–Trinajstić information content (AvgIpc) is 3.32. The van der Waals surface area contributed by atoms with Crippen LogP contribution in [0.4, 0.5) is 10.2 Å². The highest BCUT2D eigenvalue weighted by Crippen LogP contribution is 2.30. The van der Waals surface area contributed by atoms with Gasteiger partial charge in [-0.3, -0.25) is 4.90 Å². The molecule has 1 saturated heterocycles. The molecule has 1 aromatic carbocycles. The van der Waals surface area contributed by atoms with E-state index < -0.39 is 0 Å². The molecule has 1 aliphatic carbocycles. The summed E-state index contributed by atoms with van der Waals surface area (Å²) >= 11 is 0. The molecule has 4 rings (SSSR count). The van der Waals surface area contributed by atoms with Crippen LogP contribution in [-0.4, -0.2) is 47.1 Å². The van der Waals surface area contributed by atoms with E-state index in [1.807, 2.05) is 6.07 Å². The van der Waals surface area contributed by atoms with Gasteiger partial charge in [-0.1, -0.05) is 6.07 Å². The second kappa shape index (κ2) is 4.66. The van der Waals surface area contributed by atoms with Crippen molar-refractivity contribution in [3.8, 4) is 0 Å². The van der Waals surface area contributed by atoms with Crippen LogP contribution < -0.4 is 4.90 Å². The van der Waals surface area contributed by atoms with Crippen LogP contribution in [0.25, 0.3) is 10.9 Å². The highest BCUT2D eigenvalue weighted by Gasteiger charge is 2.31. The number of halogens is 1. The van der Waals surface area contributed by atoms with Crippen LogP contribution in [-0.2, 0) is 0 Å². The molecule has 4 nitrogen and oxygen atoms in total. The van der Waals surface area contributed by atoms with Gasteiger partial charge in [0.25, 0.3) is 0 Å². The van der Waals surface area contributed by atoms with Gasteiger partial charge in [0.2, 0.25) is 0 Å². The molecule has 104 valence electrons. The Bertz CT molecular complexity index is 628. The van der Waals surface area contributed by atoms with Crippen molar-refractivity contribution in [1.29, 1.82) is 0 Å². The van der Waals surface area contributed by atoms with Crippen LogP contribution in [0.5, 0.6) is 0 Å². The van der Waals surface area contributed by atoms with E-state index in [-0.39, 0.29) is 5.82 Å². The summed E-state index contributed by atoms with van der Waals surface area (Å²) in [6, 6.07) is 5.81. The molecular formula is C15H17FN4. The van der Waals surface area contributed by atoms with Gasteiger partial charge < -0.3 is 4.90 Å². The van der Waals surface area contributed by atoms with Crippen LogP contribution in [0.2, 0.25) is 0 Å². The highest BCUT2D eigenvalue weighted by atomic mass is 19.1. The molecule has 1 aromatic heterocycles. The summed E-state index contributed by atoms with van der Waals surface area (Å²) in [4.78, 5) is 13.2. The van der Waals surface area contributed by atoms with Gasteiger partial charge in [0.15, 0.2) is 0 Å². The lowest BCUT2D eigenvalue weighted by molar-refractivity contribution is 0.248. The molecule has 2 aromatic rings. The molecule has 0 unspecified atom stereocenters. The van der Waals surface area contributed by atoms with Crippen molar-refractivity contribution < 1.29 is 4.39 Å². The van der Waals surface area contributed by atoms with E-state index in [9.17, 15) is 4.39 Å². The highest BCUT2D eigenvalue weighted by molar-refractivity contribution is 5.89. The number of aromatic nitrogens is 2. The van der Waals surface area contributed by atoms with E-state index >= 15 is 0 Å². The molecule has 0 radical (unpaired) electrons. The fourth-order valence-electron chi connectivity index (χ4n) is 3.03. The lowest BCUT2D eigenvalue weighted by Gasteiger charge is -2.35. The standard InChI is InChI=1S/C15H17FN4/c16-12-2-1-3-13-14(12)15(18-10-17-13)20-8-6-19(7-9-20)11-4-5-11/h1-3,10-11H,4-9H2. The Balaban J connectivity index is 1.65. The maximum atomic E-state index is 14.1. The number of hydrogen-bond acceptors (Lipinski definition) is 4. The molecular weight excluding hydrogens is 255 g/mol. The van der Waals surface area contributed by atoms with Gasteiger partial charge in [0.05, 0.1) is 10.9 Å². The van der Waals surface area contributed by atoms with Gasteiger partial charge in [0, 0.05) is 32.2 Å². The smallest absolute Gasteiger partial charge is 0.142 e. The van der Waals surface area contributed by atoms with Gasteiger partial charge in [-0.05, 0) is 25.0 Å². The fourth-order valence-corrected chi connectivity index (χ4v) is 3.03. The summed E-state index contributed by atoms with van der Waals surface area (Å²) in [5, 5.41) is 0.551. The first-order valence-electron chi connectivity index (χ1n) is 7.21. The monoisotopic (exact) mass is 272 g/mol. The minimum Gasteiger partial charge on any atom is -0.353 e. The average molecular weight is 272 g/mol. The largest absolute Gasteiger partial charge is 0.353 e. The third kappa shape index (κ3) is 2.02. The Hall–Kier alpha value is -1.75. The maximum absolute atomic E-state index is 14.1. The zero-order chi connectivity index (χ0) is 13.5. The molecule has 0 amide bonds. The lowest BCUT2D eigenvalue weighted by Crippen LogP contribution is -2.47. The molecule has 1 aliphatic heterocycles. The Morgan fingerprint density at radius 2 is 1.85 bits per heavy atom. The van der Waals surface area contributed by atoms with Crippen molar-refractivity contribution in [1.82, 2.24) is 14.9 Å². The van der Waals surface area contributed by atoms with Crippen molar-refractivity contribution in [2.45, 2.75) is 18.9 Å². The van der Waals surface area contributed by atoms with Crippen LogP contribution in [0.1, 0.15) is 12.8 Å². The first-order chi connectivity index (χ1) is 9.83. The Labute approximate surface area is 117 Å². The SMILES string of the molecule is Fc1cccc2ncnc(N3CCN(C4CC4)CC3)c12. The number of anilines is 1. The Kier molecular flexibility index (Phi) is 2.80. The van der Waals surface area contributed by atoms with Crippen LogP contribution >= 0.6 is 0 Å². The van der Waals surface area contributed by atoms with Crippen molar-refractivity contribution in [2.75, 3.05) is 31.1 Å². The predicted octanol–water partition coefficient (Wildman–Crippen LogP) is 2.05. The van der Waals surface area contributed by atoms with Gasteiger partial charge in [-0.25, -0.2) is 14.4 Å². The van der Waals surface area contributed by atoms with Gasteiger partial charge in [0.1, 0.15) is 18.0 Å². The van der Waals surface area contributed by atoms with Gasteiger partial charge in [-0.15, -0.1) is 0 Å². The summed E-state index contributed by atoms with van der Waals surface area (Å²) in [6.45, 7) is 3.92. The predicted molar refractivity (Wildman–Crippen MR) is 76.3 cm³/mol. The summed E-state index contributed by atoms with van der Waals surface area (Å²) < 4.78 is 14.1. The molecule has 0 bridgehead atoms. The lowest BCUT2D eigenvalue weighted by atomic mass is 10.2. The molecule has 2 heterocycles. The molecule has 0 atom stereocenters. The van der Waals surface area contributed by atoms with Gasteiger partial charge >= 0.3 is 0 Å². The normalized spacial score (nSPS) is 20.6. The third-order valence-corrected chi connectivity index (χ3v) is 4.27. The van der Waals surface area contributed by atoms with E-state index in [0.29, 0.717) is 10.9 Å². The molecule has 1 saturated carbocycles. The summed E-state index contributed by atoms with van der Waals surface area (Å²) in [7, 11) is 0. The maximum Gasteiger partial charge on any atom is 0.142 e. The Morgan fingerprint density at radius 3 is 2.60 bits per heavy atom. The summed E-state index contributed by atoms with van der Waals surface area (Å²) in [6.07, 6.45) is 4.21. The van der Waals surface area contributed by atoms with Gasteiger partial charge in [-0.2, -0.15) is 0 Å². The van der Waals surface area contributed by atoms with E-state index in [2.05, 4.69) is 19.8 Å². The van der Waals surface area contributed by atoms with Crippen molar-refractivity contribution in [2.24, 2.45) is 0 Å². The molecule has 20 heavy (non-hydrogen) atoms. The van der Waals surface area contributed by atoms with Crippen LogP contribution in [0, 0.1) is 5.82 Å².